The number of rotatable bonds is 4. The molecule has 0 saturated heterocycles. The van der Waals surface area contributed by atoms with E-state index in [0.29, 0.717) is 11.1 Å². The summed E-state index contributed by atoms with van der Waals surface area (Å²) in [5.41, 5.74) is 1.75. The molecule has 0 aliphatic carbocycles. The van der Waals surface area contributed by atoms with Gasteiger partial charge in [-0.25, -0.2) is 0 Å². The fraction of sp³-hybridized carbons (Fsp3) is 0.500. The number of anilines is 1. The van der Waals surface area contributed by atoms with Gasteiger partial charge in [0.25, 0.3) is 5.91 Å². The van der Waals surface area contributed by atoms with E-state index in [2.05, 4.69) is 5.32 Å². The van der Waals surface area contributed by atoms with Crippen LogP contribution in [-0.2, 0) is 0 Å². The molecule has 0 aliphatic heterocycles. The molecule has 1 aromatic carbocycles. The van der Waals surface area contributed by atoms with Gasteiger partial charge in [-0.15, -0.1) is 0 Å². The summed E-state index contributed by atoms with van der Waals surface area (Å²) in [6.45, 7) is 3.61. The van der Waals surface area contributed by atoms with Crippen molar-refractivity contribution in [3.8, 4) is 0 Å². The van der Waals surface area contributed by atoms with E-state index in [1.54, 1.807) is 46.0 Å². The molecule has 0 radical (unpaired) electrons. The monoisotopic (exact) mass is 288 g/mol. The van der Waals surface area contributed by atoms with E-state index in [1.165, 1.54) is 0 Å². The van der Waals surface area contributed by atoms with E-state index in [-0.39, 0.29) is 0 Å². The molecule has 0 bridgehead atoms. The standard InChI is InChI=1S/C14H19F3N2O/c1-9(2)19(8-14(15,16)17)13(20)12-6-5-11(18-4)7-10(12)3/h5-7,9,18H,8H2,1-4H3. The molecular formula is C14H19F3N2O. The number of nitrogens with zero attached hydrogens (tertiary/aromatic N) is 1. The smallest absolute Gasteiger partial charge is 0.388 e. The minimum Gasteiger partial charge on any atom is -0.388 e. The summed E-state index contributed by atoms with van der Waals surface area (Å²) in [4.78, 5) is 13.1. The van der Waals surface area contributed by atoms with Gasteiger partial charge in [-0.2, -0.15) is 13.2 Å². The zero-order chi connectivity index (χ0) is 15.5. The maximum Gasteiger partial charge on any atom is 0.406 e. The number of hydrogen-bond donors (Lipinski definition) is 1. The minimum atomic E-state index is -4.40. The number of halogens is 3. The maximum absolute atomic E-state index is 12.6. The number of nitrogens with one attached hydrogen (secondary N) is 1. The maximum atomic E-state index is 12.6. The van der Waals surface area contributed by atoms with E-state index in [0.717, 1.165) is 10.6 Å². The predicted octanol–water partition coefficient (Wildman–Crippen LogP) is 3.45. The first-order valence-electron chi connectivity index (χ1n) is 6.32. The number of hydrogen-bond acceptors (Lipinski definition) is 2. The third-order valence-electron chi connectivity index (χ3n) is 2.98. The van der Waals surface area contributed by atoms with Crippen molar-refractivity contribution in [2.75, 3.05) is 18.9 Å². The highest BCUT2D eigenvalue weighted by Gasteiger charge is 2.34. The number of alkyl halides is 3. The molecule has 1 N–H and O–H groups in total. The Bertz CT molecular complexity index is 484. The highest BCUT2D eigenvalue weighted by molar-refractivity contribution is 5.96. The van der Waals surface area contributed by atoms with Crippen LogP contribution in [0.15, 0.2) is 18.2 Å². The minimum absolute atomic E-state index is 0.293. The lowest BCUT2D eigenvalue weighted by molar-refractivity contribution is -0.143. The summed E-state index contributed by atoms with van der Waals surface area (Å²) in [7, 11) is 1.74. The van der Waals surface area contributed by atoms with Crippen molar-refractivity contribution in [2.24, 2.45) is 0 Å². The van der Waals surface area contributed by atoms with Crippen LogP contribution in [0.1, 0.15) is 29.8 Å². The Balaban J connectivity index is 3.07. The van der Waals surface area contributed by atoms with Gasteiger partial charge in [-0.05, 0) is 44.5 Å². The average Bonchev–Trinajstić information content (AvgIpc) is 2.33. The highest BCUT2D eigenvalue weighted by Crippen LogP contribution is 2.22. The van der Waals surface area contributed by atoms with Crippen LogP contribution in [0.4, 0.5) is 18.9 Å². The van der Waals surface area contributed by atoms with E-state index in [4.69, 9.17) is 0 Å². The molecular weight excluding hydrogens is 269 g/mol. The molecule has 0 aliphatic rings. The lowest BCUT2D eigenvalue weighted by Crippen LogP contribution is -2.43. The highest BCUT2D eigenvalue weighted by atomic mass is 19.4. The Labute approximate surface area is 116 Å². The molecule has 0 spiro atoms. The fourth-order valence-corrected chi connectivity index (χ4v) is 1.90. The molecule has 0 saturated carbocycles. The molecule has 20 heavy (non-hydrogen) atoms. The molecule has 0 unspecified atom stereocenters. The lowest BCUT2D eigenvalue weighted by Gasteiger charge is -2.28. The Morgan fingerprint density at radius 3 is 2.35 bits per heavy atom. The lowest BCUT2D eigenvalue weighted by atomic mass is 10.1. The Morgan fingerprint density at radius 2 is 1.95 bits per heavy atom. The molecule has 1 aromatic rings. The number of amides is 1. The normalized spacial score (nSPS) is 11.6. The van der Waals surface area contributed by atoms with Crippen molar-refractivity contribution in [2.45, 2.75) is 33.0 Å². The summed E-state index contributed by atoms with van der Waals surface area (Å²) in [5, 5.41) is 2.92. The molecule has 112 valence electrons. The predicted molar refractivity (Wildman–Crippen MR) is 73.0 cm³/mol. The van der Waals surface area contributed by atoms with Crippen LogP contribution in [0.2, 0.25) is 0 Å². The van der Waals surface area contributed by atoms with Gasteiger partial charge in [0.1, 0.15) is 6.54 Å². The molecule has 1 amide bonds. The van der Waals surface area contributed by atoms with Crippen LogP contribution in [0.3, 0.4) is 0 Å². The van der Waals surface area contributed by atoms with Crippen LogP contribution in [0.25, 0.3) is 0 Å². The zero-order valence-corrected chi connectivity index (χ0v) is 12.0. The van der Waals surface area contributed by atoms with Gasteiger partial charge in [0.15, 0.2) is 0 Å². The number of carbonyl (C=O) groups excluding carboxylic acids is 1. The fourth-order valence-electron chi connectivity index (χ4n) is 1.90. The second kappa shape index (κ2) is 6.15. The Morgan fingerprint density at radius 1 is 1.35 bits per heavy atom. The summed E-state index contributed by atoms with van der Waals surface area (Å²) < 4.78 is 37.7. The van der Waals surface area contributed by atoms with E-state index in [9.17, 15) is 18.0 Å². The summed E-state index contributed by atoms with van der Waals surface area (Å²) in [6, 6.07) is 4.44. The third kappa shape index (κ3) is 4.15. The van der Waals surface area contributed by atoms with Gasteiger partial charge in [0.2, 0.25) is 0 Å². The van der Waals surface area contributed by atoms with Crippen LogP contribution in [0.5, 0.6) is 0 Å². The van der Waals surface area contributed by atoms with Gasteiger partial charge in [-0.3, -0.25) is 4.79 Å². The van der Waals surface area contributed by atoms with Gasteiger partial charge in [0.05, 0.1) is 0 Å². The van der Waals surface area contributed by atoms with E-state index < -0.39 is 24.7 Å². The molecule has 1 rings (SSSR count). The van der Waals surface area contributed by atoms with Crippen LogP contribution in [0, 0.1) is 6.92 Å². The van der Waals surface area contributed by atoms with Gasteiger partial charge in [-0.1, -0.05) is 0 Å². The van der Waals surface area contributed by atoms with Crippen molar-refractivity contribution < 1.29 is 18.0 Å². The van der Waals surface area contributed by atoms with Gasteiger partial charge < -0.3 is 10.2 Å². The molecule has 0 atom stereocenters. The number of aryl methyl sites for hydroxylation is 1. The third-order valence-corrected chi connectivity index (χ3v) is 2.98. The molecule has 0 heterocycles. The van der Waals surface area contributed by atoms with Gasteiger partial charge in [0, 0.05) is 24.3 Å². The number of benzene rings is 1. The molecule has 6 heteroatoms. The van der Waals surface area contributed by atoms with Crippen LogP contribution in [-0.4, -0.2) is 36.6 Å². The van der Waals surface area contributed by atoms with E-state index in [1.807, 2.05) is 0 Å². The van der Waals surface area contributed by atoms with Crippen LogP contribution < -0.4 is 5.32 Å². The topological polar surface area (TPSA) is 32.3 Å². The first-order chi connectivity index (χ1) is 9.15. The quantitative estimate of drug-likeness (QED) is 0.920. The first kappa shape index (κ1) is 16.3. The second-order valence-corrected chi connectivity index (χ2v) is 4.92. The molecule has 0 fully saturated rings. The van der Waals surface area contributed by atoms with Crippen molar-refractivity contribution in [3.05, 3.63) is 29.3 Å². The average molecular weight is 288 g/mol. The molecule has 3 nitrogen and oxygen atoms in total. The second-order valence-electron chi connectivity index (χ2n) is 4.92. The van der Waals surface area contributed by atoms with Crippen LogP contribution >= 0.6 is 0 Å². The zero-order valence-electron chi connectivity index (χ0n) is 12.0. The van der Waals surface area contributed by atoms with Gasteiger partial charge >= 0.3 is 6.18 Å². The summed E-state index contributed by atoms with van der Waals surface area (Å²) >= 11 is 0. The largest absolute Gasteiger partial charge is 0.406 e. The molecule has 0 aromatic heterocycles. The van der Waals surface area contributed by atoms with Crippen molar-refractivity contribution in [3.63, 3.8) is 0 Å². The summed E-state index contributed by atoms with van der Waals surface area (Å²) in [6.07, 6.45) is -4.40. The van der Waals surface area contributed by atoms with Crippen molar-refractivity contribution in [1.82, 2.24) is 4.90 Å². The SMILES string of the molecule is CNc1ccc(C(=O)N(CC(F)(F)F)C(C)C)c(C)c1. The van der Waals surface area contributed by atoms with Crippen molar-refractivity contribution >= 4 is 11.6 Å². The number of carbonyl (C=O) groups is 1. The van der Waals surface area contributed by atoms with E-state index >= 15 is 0 Å². The Kier molecular flexibility index (Phi) is 5.03. The summed E-state index contributed by atoms with van der Waals surface area (Å²) in [5.74, 6) is -0.600. The van der Waals surface area contributed by atoms with Crippen molar-refractivity contribution in [1.29, 1.82) is 0 Å². The Hall–Kier alpha value is -1.72. The first-order valence-corrected chi connectivity index (χ1v) is 6.32.